The maximum atomic E-state index is 12.3. The van der Waals surface area contributed by atoms with E-state index in [1.807, 2.05) is 63.3 Å². The van der Waals surface area contributed by atoms with Gasteiger partial charge < -0.3 is 14.8 Å². The third-order valence-corrected chi connectivity index (χ3v) is 5.54. The standard InChI is InChI=1S/C29H29NO4/c1-29(2,3)34-27(31)21-12-8-10-20(18-21)11-9-17-30-28(32)33-19-26-24-15-6-4-13-22(24)23-14-5-7-16-25(23)26/h4-16,18,26H,17,19H2,1-3H3,(H,30,32). The Balaban J connectivity index is 1.29. The lowest BCUT2D eigenvalue weighted by Gasteiger charge is -2.19. The molecule has 4 rings (SSSR count). The van der Waals surface area contributed by atoms with E-state index in [-0.39, 0.29) is 18.5 Å². The van der Waals surface area contributed by atoms with Gasteiger partial charge in [0.1, 0.15) is 12.2 Å². The van der Waals surface area contributed by atoms with Gasteiger partial charge in [0.2, 0.25) is 0 Å². The van der Waals surface area contributed by atoms with Gasteiger partial charge in [0.15, 0.2) is 0 Å². The number of fused-ring (bicyclic) bond motifs is 3. The number of hydrogen-bond donors (Lipinski definition) is 1. The van der Waals surface area contributed by atoms with Crippen molar-refractivity contribution in [2.24, 2.45) is 0 Å². The first kappa shape index (κ1) is 23.3. The summed E-state index contributed by atoms with van der Waals surface area (Å²) in [4.78, 5) is 24.5. The number of ether oxygens (including phenoxy) is 2. The summed E-state index contributed by atoms with van der Waals surface area (Å²) >= 11 is 0. The highest BCUT2D eigenvalue weighted by molar-refractivity contribution is 5.90. The summed E-state index contributed by atoms with van der Waals surface area (Å²) in [7, 11) is 0. The quantitative estimate of drug-likeness (QED) is 0.450. The Labute approximate surface area is 200 Å². The molecule has 0 saturated carbocycles. The van der Waals surface area contributed by atoms with Crippen LogP contribution in [0.25, 0.3) is 17.2 Å². The Morgan fingerprint density at radius 1 is 0.912 bits per heavy atom. The van der Waals surface area contributed by atoms with Crippen LogP contribution in [0.5, 0.6) is 0 Å². The first-order valence-corrected chi connectivity index (χ1v) is 11.4. The predicted octanol–water partition coefficient (Wildman–Crippen LogP) is 6.19. The van der Waals surface area contributed by atoms with Crippen molar-refractivity contribution in [2.45, 2.75) is 32.3 Å². The zero-order valence-electron chi connectivity index (χ0n) is 19.7. The molecule has 0 aromatic heterocycles. The van der Waals surface area contributed by atoms with E-state index >= 15 is 0 Å². The fourth-order valence-corrected chi connectivity index (χ4v) is 4.09. The van der Waals surface area contributed by atoms with Gasteiger partial charge in [-0.25, -0.2) is 9.59 Å². The van der Waals surface area contributed by atoms with Crippen LogP contribution in [-0.4, -0.2) is 30.8 Å². The van der Waals surface area contributed by atoms with Crippen LogP contribution in [0.3, 0.4) is 0 Å². The van der Waals surface area contributed by atoms with Gasteiger partial charge >= 0.3 is 12.1 Å². The minimum absolute atomic E-state index is 0.0317. The van der Waals surface area contributed by atoms with Gasteiger partial charge in [0, 0.05) is 12.5 Å². The SMILES string of the molecule is CC(C)(C)OC(=O)c1cccc(C=CCNC(=O)OCC2c3ccccc3-c3ccccc32)c1. The average Bonchev–Trinajstić information content (AvgIpc) is 3.13. The van der Waals surface area contributed by atoms with Gasteiger partial charge in [-0.3, -0.25) is 0 Å². The third kappa shape index (κ3) is 5.54. The zero-order valence-corrected chi connectivity index (χ0v) is 19.7. The second kappa shape index (κ2) is 9.96. The van der Waals surface area contributed by atoms with E-state index in [4.69, 9.17) is 9.47 Å². The third-order valence-electron chi connectivity index (χ3n) is 5.54. The number of alkyl carbamates (subject to hydrolysis) is 1. The smallest absolute Gasteiger partial charge is 0.407 e. The Kier molecular flexibility index (Phi) is 6.82. The molecule has 1 amide bonds. The van der Waals surface area contributed by atoms with E-state index in [0.29, 0.717) is 12.1 Å². The minimum Gasteiger partial charge on any atom is -0.456 e. The molecule has 1 aliphatic carbocycles. The van der Waals surface area contributed by atoms with Crippen molar-refractivity contribution in [3.05, 3.63) is 101 Å². The van der Waals surface area contributed by atoms with Crippen molar-refractivity contribution in [1.82, 2.24) is 5.32 Å². The number of rotatable bonds is 6. The molecule has 0 bridgehead atoms. The summed E-state index contributed by atoms with van der Waals surface area (Å²) < 4.78 is 11.0. The Bertz CT molecular complexity index is 1180. The average molecular weight is 456 g/mol. The van der Waals surface area contributed by atoms with Gasteiger partial charge in [-0.05, 0) is 60.7 Å². The monoisotopic (exact) mass is 455 g/mol. The normalized spacial score (nSPS) is 12.8. The highest BCUT2D eigenvalue weighted by Gasteiger charge is 2.28. The molecular weight excluding hydrogens is 426 g/mol. The molecule has 5 heteroatoms. The lowest BCUT2D eigenvalue weighted by molar-refractivity contribution is 0.00694. The van der Waals surface area contributed by atoms with Crippen LogP contribution in [0.4, 0.5) is 4.79 Å². The number of esters is 1. The van der Waals surface area contributed by atoms with Crippen molar-refractivity contribution < 1.29 is 19.1 Å². The van der Waals surface area contributed by atoms with E-state index in [9.17, 15) is 9.59 Å². The molecule has 174 valence electrons. The van der Waals surface area contributed by atoms with Crippen LogP contribution in [0.2, 0.25) is 0 Å². The second-order valence-corrected chi connectivity index (χ2v) is 9.24. The van der Waals surface area contributed by atoms with E-state index in [2.05, 4.69) is 29.6 Å². The van der Waals surface area contributed by atoms with Crippen LogP contribution in [0.15, 0.2) is 78.9 Å². The molecule has 1 N–H and O–H groups in total. The Morgan fingerprint density at radius 3 is 2.21 bits per heavy atom. The van der Waals surface area contributed by atoms with Crippen LogP contribution < -0.4 is 5.32 Å². The molecule has 0 spiro atoms. The number of carbonyl (C=O) groups excluding carboxylic acids is 2. The summed E-state index contributed by atoms with van der Waals surface area (Å²) in [5, 5.41) is 2.75. The van der Waals surface area contributed by atoms with Crippen LogP contribution in [0.1, 0.15) is 53.7 Å². The molecule has 0 unspecified atom stereocenters. The van der Waals surface area contributed by atoms with E-state index in [0.717, 1.165) is 5.56 Å². The fourth-order valence-electron chi connectivity index (χ4n) is 4.09. The highest BCUT2D eigenvalue weighted by Crippen LogP contribution is 2.44. The highest BCUT2D eigenvalue weighted by atomic mass is 16.6. The van der Waals surface area contributed by atoms with Crippen molar-refractivity contribution in [1.29, 1.82) is 0 Å². The molecule has 0 fully saturated rings. The zero-order chi connectivity index (χ0) is 24.1. The molecule has 5 nitrogen and oxygen atoms in total. The fraction of sp³-hybridized carbons (Fsp3) is 0.241. The summed E-state index contributed by atoms with van der Waals surface area (Å²) in [5.41, 5.74) is 5.55. The second-order valence-electron chi connectivity index (χ2n) is 9.24. The number of amides is 1. The maximum absolute atomic E-state index is 12.3. The van der Waals surface area contributed by atoms with Gasteiger partial charge in [-0.2, -0.15) is 0 Å². The summed E-state index contributed by atoms with van der Waals surface area (Å²) in [6, 6.07) is 23.7. The topological polar surface area (TPSA) is 64.6 Å². The molecule has 0 radical (unpaired) electrons. The molecule has 0 saturated heterocycles. The minimum atomic E-state index is -0.546. The first-order valence-electron chi connectivity index (χ1n) is 11.4. The largest absolute Gasteiger partial charge is 0.456 e. The summed E-state index contributed by atoms with van der Waals surface area (Å²) in [6.07, 6.45) is 3.20. The molecule has 3 aromatic carbocycles. The van der Waals surface area contributed by atoms with Crippen LogP contribution in [0, 0.1) is 0 Å². The molecule has 0 aliphatic heterocycles. The molecule has 34 heavy (non-hydrogen) atoms. The van der Waals surface area contributed by atoms with E-state index < -0.39 is 11.7 Å². The van der Waals surface area contributed by atoms with Gasteiger partial charge in [-0.1, -0.05) is 72.8 Å². The molecule has 3 aromatic rings. The lowest BCUT2D eigenvalue weighted by Crippen LogP contribution is -2.26. The molecular formula is C29H29NO4. The summed E-state index contributed by atoms with van der Waals surface area (Å²) in [6.45, 7) is 6.10. The molecule has 0 atom stereocenters. The first-order chi connectivity index (χ1) is 16.3. The lowest BCUT2D eigenvalue weighted by atomic mass is 9.98. The summed E-state index contributed by atoms with van der Waals surface area (Å²) in [5.74, 6) is -0.330. The number of benzene rings is 3. The molecule has 0 heterocycles. The van der Waals surface area contributed by atoms with E-state index in [1.165, 1.54) is 22.3 Å². The van der Waals surface area contributed by atoms with Crippen molar-refractivity contribution in [3.63, 3.8) is 0 Å². The maximum Gasteiger partial charge on any atom is 0.407 e. The predicted molar refractivity (Wildman–Crippen MR) is 134 cm³/mol. The van der Waals surface area contributed by atoms with Crippen molar-refractivity contribution >= 4 is 18.1 Å². The van der Waals surface area contributed by atoms with Gasteiger partial charge in [0.25, 0.3) is 0 Å². The van der Waals surface area contributed by atoms with Gasteiger partial charge in [-0.15, -0.1) is 0 Å². The Morgan fingerprint density at radius 2 is 1.56 bits per heavy atom. The van der Waals surface area contributed by atoms with Crippen molar-refractivity contribution in [2.75, 3.05) is 13.2 Å². The van der Waals surface area contributed by atoms with Crippen LogP contribution >= 0.6 is 0 Å². The molecule has 1 aliphatic rings. The number of nitrogens with one attached hydrogen (secondary N) is 1. The number of hydrogen-bond acceptors (Lipinski definition) is 4. The van der Waals surface area contributed by atoms with Crippen molar-refractivity contribution in [3.8, 4) is 11.1 Å². The van der Waals surface area contributed by atoms with Crippen LogP contribution in [-0.2, 0) is 9.47 Å². The van der Waals surface area contributed by atoms with E-state index in [1.54, 1.807) is 18.2 Å². The van der Waals surface area contributed by atoms with Gasteiger partial charge in [0.05, 0.1) is 5.56 Å². The Hall–Kier alpha value is -3.86. The number of carbonyl (C=O) groups is 2.